The largest absolute Gasteiger partial charge is 0.363 e. The molecule has 0 unspecified atom stereocenters. The summed E-state index contributed by atoms with van der Waals surface area (Å²) in [6.45, 7) is 0.539. The van der Waals surface area contributed by atoms with Crippen LogP contribution in [0.3, 0.4) is 0 Å². The first-order chi connectivity index (χ1) is 11.0. The van der Waals surface area contributed by atoms with Crippen molar-refractivity contribution in [2.75, 3.05) is 18.4 Å². The predicted octanol–water partition coefficient (Wildman–Crippen LogP) is 3.14. The molecular formula is C14H12Cl2N4O3. The van der Waals surface area contributed by atoms with E-state index in [1.54, 1.807) is 6.07 Å². The summed E-state index contributed by atoms with van der Waals surface area (Å²) < 4.78 is 0. The summed E-state index contributed by atoms with van der Waals surface area (Å²) in [5.74, 6) is -0.165. The van der Waals surface area contributed by atoms with Crippen LogP contribution in [0.25, 0.3) is 0 Å². The van der Waals surface area contributed by atoms with E-state index in [0.717, 1.165) is 0 Å². The van der Waals surface area contributed by atoms with E-state index in [-0.39, 0.29) is 30.5 Å². The number of aromatic nitrogens is 1. The zero-order valence-electron chi connectivity index (χ0n) is 11.8. The van der Waals surface area contributed by atoms with Crippen LogP contribution in [0.1, 0.15) is 10.4 Å². The maximum atomic E-state index is 11.9. The minimum atomic E-state index is -0.524. The Morgan fingerprint density at radius 3 is 2.70 bits per heavy atom. The van der Waals surface area contributed by atoms with Gasteiger partial charge in [-0.15, -0.1) is 0 Å². The molecule has 9 heteroatoms. The number of nitrogens with zero attached hydrogens (tertiary/aromatic N) is 2. The van der Waals surface area contributed by atoms with E-state index < -0.39 is 4.92 Å². The topological polar surface area (TPSA) is 97.2 Å². The van der Waals surface area contributed by atoms with Crippen molar-refractivity contribution < 1.29 is 9.72 Å². The Morgan fingerprint density at radius 2 is 2.00 bits per heavy atom. The quantitative estimate of drug-likeness (QED) is 0.471. The maximum Gasteiger partial charge on any atom is 0.311 e. The number of carbonyl (C=O) groups excluding carboxylic acids is 1. The number of halogens is 2. The molecule has 1 amide bonds. The second-order valence-corrected chi connectivity index (χ2v) is 5.25. The Labute approximate surface area is 141 Å². The van der Waals surface area contributed by atoms with Gasteiger partial charge >= 0.3 is 5.69 Å². The van der Waals surface area contributed by atoms with E-state index in [1.165, 1.54) is 30.5 Å². The van der Waals surface area contributed by atoms with Crippen molar-refractivity contribution in [3.8, 4) is 0 Å². The van der Waals surface area contributed by atoms with Crippen LogP contribution in [0.15, 0.2) is 36.5 Å². The lowest BCUT2D eigenvalue weighted by Gasteiger charge is -2.08. The molecule has 120 valence electrons. The zero-order chi connectivity index (χ0) is 16.8. The number of carbonyl (C=O) groups is 1. The normalized spacial score (nSPS) is 10.2. The number of amides is 1. The Bertz CT molecular complexity index is 740. The van der Waals surface area contributed by atoms with Crippen LogP contribution in [0.2, 0.25) is 10.0 Å². The van der Waals surface area contributed by atoms with Crippen molar-refractivity contribution in [2.45, 2.75) is 0 Å². The molecule has 0 spiro atoms. The molecule has 2 rings (SSSR count). The van der Waals surface area contributed by atoms with Gasteiger partial charge in [0.05, 0.1) is 15.0 Å². The molecule has 0 saturated carbocycles. The van der Waals surface area contributed by atoms with Gasteiger partial charge in [0.1, 0.15) is 0 Å². The number of anilines is 1. The number of hydrogen-bond acceptors (Lipinski definition) is 5. The second-order valence-electron chi connectivity index (χ2n) is 4.44. The number of hydrogen-bond donors (Lipinski definition) is 2. The van der Waals surface area contributed by atoms with Gasteiger partial charge in [0.25, 0.3) is 5.91 Å². The van der Waals surface area contributed by atoms with Crippen LogP contribution in [-0.2, 0) is 0 Å². The highest BCUT2D eigenvalue weighted by molar-refractivity contribution is 6.42. The molecule has 23 heavy (non-hydrogen) atoms. The Balaban J connectivity index is 1.87. The molecule has 0 aliphatic rings. The van der Waals surface area contributed by atoms with Crippen LogP contribution in [0.5, 0.6) is 0 Å². The van der Waals surface area contributed by atoms with Gasteiger partial charge in [-0.3, -0.25) is 14.9 Å². The fourth-order valence-electron chi connectivity index (χ4n) is 1.78. The van der Waals surface area contributed by atoms with Crippen LogP contribution >= 0.6 is 23.2 Å². The van der Waals surface area contributed by atoms with Gasteiger partial charge < -0.3 is 10.6 Å². The van der Waals surface area contributed by atoms with E-state index in [1.807, 2.05) is 0 Å². The first kappa shape index (κ1) is 17.0. The average molecular weight is 355 g/mol. The highest BCUT2D eigenvalue weighted by Gasteiger charge is 2.13. The molecular weight excluding hydrogens is 343 g/mol. The van der Waals surface area contributed by atoms with Crippen molar-refractivity contribution in [1.82, 2.24) is 10.3 Å². The van der Waals surface area contributed by atoms with E-state index >= 15 is 0 Å². The van der Waals surface area contributed by atoms with E-state index in [2.05, 4.69) is 15.6 Å². The third-order valence-electron chi connectivity index (χ3n) is 2.87. The molecule has 0 radical (unpaired) electrons. The summed E-state index contributed by atoms with van der Waals surface area (Å²) in [6, 6.07) is 7.39. The van der Waals surface area contributed by atoms with Crippen molar-refractivity contribution >= 4 is 40.6 Å². The molecule has 1 aromatic carbocycles. The molecule has 1 heterocycles. The molecule has 2 aromatic rings. The number of nitro groups is 1. The third kappa shape index (κ3) is 4.54. The first-order valence-electron chi connectivity index (χ1n) is 6.55. The molecule has 0 aliphatic carbocycles. The lowest BCUT2D eigenvalue weighted by atomic mass is 10.2. The Morgan fingerprint density at radius 1 is 1.22 bits per heavy atom. The summed E-state index contributed by atoms with van der Waals surface area (Å²) in [6.07, 6.45) is 1.45. The fourth-order valence-corrected chi connectivity index (χ4v) is 2.07. The molecule has 0 bridgehead atoms. The minimum absolute atomic E-state index is 0.122. The van der Waals surface area contributed by atoms with Crippen molar-refractivity contribution in [1.29, 1.82) is 0 Å². The van der Waals surface area contributed by atoms with Gasteiger partial charge in [0, 0.05) is 30.9 Å². The summed E-state index contributed by atoms with van der Waals surface area (Å²) in [4.78, 5) is 26.1. The van der Waals surface area contributed by atoms with Crippen molar-refractivity contribution in [3.63, 3.8) is 0 Å². The van der Waals surface area contributed by atoms with Gasteiger partial charge in [-0.05, 0) is 24.3 Å². The lowest BCUT2D eigenvalue weighted by molar-refractivity contribution is -0.384. The molecule has 0 aliphatic heterocycles. The molecule has 0 saturated heterocycles. The molecule has 0 atom stereocenters. The lowest BCUT2D eigenvalue weighted by Crippen LogP contribution is -2.29. The van der Waals surface area contributed by atoms with Crippen molar-refractivity contribution in [2.24, 2.45) is 0 Å². The Kier molecular flexibility index (Phi) is 5.72. The molecule has 7 nitrogen and oxygen atoms in total. The van der Waals surface area contributed by atoms with Gasteiger partial charge in [-0.1, -0.05) is 23.2 Å². The Hall–Kier alpha value is -2.38. The highest BCUT2D eigenvalue weighted by atomic mass is 35.5. The smallest absolute Gasteiger partial charge is 0.311 e. The minimum Gasteiger partial charge on any atom is -0.363 e. The average Bonchev–Trinajstić information content (AvgIpc) is 2.54. The standard InChI is InChI=1S/C14H12Cl2N4O3/c15-10-4-3-9(8-11(10)16)14(21)19-7-6-18-13-12(20(22)23)2-1-5-17-13/h1-5,8H,6-7H2,(H,17,18)(H,19,21). The predicted molar refractivity (Wildman–Crippen MR) is 88.2 cm³/mol. The summed E-state index contributed by atoms with van der Waals surface area (Å²) in [5.41, 5.74) is 0.256. The summed E-state index contributed by atoms with van der Waals surface area (Å²) in [7, 11) is 0. The fraction of sp³-hybridized carbons (Fsp3) is 0.143. The van der Waals surface area contributed by atoms with Gasteiger partial charge in [0.2, 0.25) is 5.82 Å². The van der Waals surface area contributed by atoms with E-state index in [9.17, 15) is 14.9 Å². The molecule has 2 N–H and O–H groups in total. The van der Waals surface area contributed by atoms with E-state index in [4.69, 9.17) is 23.2 Å². The van der Waals surface area contributed by atoms with E-state index in [0.29, 0.717) is 15.6 Å². The van der Waals surface area contributed by atoms with Gasteiger partial charge in [-0.2, -0.15) is 0 Å². The first-order valence-corrected chi connectivity index (χ1v) is 7.31. The summed E-state index contributed by atoms with van der Waals surface area (Å²) in [5, 5.41) is 17.0. The monoisotopic (exact) mass is 354 g/mol. The van der Waals surface area contributed by atoms with Crippen LogP contribution in [0.4, 0.5) is 11.5 Å². The SMILES string of the molecule is O=C(NCCNc1ncccc1[N+](=O)[O-])c1ccc(Cl)c(Cl)c1. The maximum absolute atomic E-state index is 11.9. The summed E-state index contributed by atoms with van der Waals surface area (Å²) >= 11 is 11.6. The van der Waals surface area contributed by atoms with Crippen molar-refractivity contribution in [3.05, 3.63) is 62.3 Å². The van der Waals surface area contributed by atoms with Gasteiger partial charge in [0.15, 0.2) is 0 Å². The number of benzene rings is 1. The highest BCUT2D eigenvalue weighted by Crippen LogP contribution is 2.22. The number of nitrogens with one attached hydrogen (secondary N) is 2. The third-order valence-corrected chi connectivity index (χ3v) is 3.61. The molecule has 1 aromatic heterocycles. The second kappa shape index (κ2) is 7.75. The number of pyridine rings is 1. The molecule has 0 fully saturated rings. The zero-order valence-corrected chi connectivity index (χ0v) is 13.3. The number of rotatable bonds is 6. The van der Waals surface area contributed by atoms with Crippen LogP contribution in [-0.4, -0.2) is 28.9 Å². The van der Waals surface area contributed by atoms with Crippen LogP contribution < -0.4 is 10.6 Å². The van der Waals surface area contributed by atoms with Gasteiger partial charge in [-0.25, -0.2) is 4.98 Å². The van der Waals surface area contributed by atoms with Crippen LogP contribution in [0, 0.1) is 10.1 Å².